The third kappa shape index (κ3) is 4.25. The minimum absolute atomic E-state index is 0.0695. The molecule has 1 aromatic rings. The molecular formula is C20H22O5. The molecule has 0 fully saturated rings. The molecule has 0 spiro atoms. The van der Waals surface area contributed by atoms with E-state index in [1.54, 1.807) is 57.2 Å². The molecule has 0 aliphatic heterocycles. The van der Waals surface area contributed by atoms with Crippen LogP contribution in [-0.2, 0) is 9.59 Å². The van der Waals surface area contributed by atoms with Gasteiger partial charge in [-0.15, -0.1) is 0 Å². The number of aliphatic hydroxyl groups is 1. The van der Waals surface area contributed by atoms with Crippen LogP contribution < -0.4 is 0 Å². The SMILES string of the molecule is CC(=C/C(=O)O)/C=C/[C@@]1(O)C(/C=C/c2ccco2)=CC(=O)CC1(C)C. The maximum absolute atomic E-state index is 12.1. The van der Waals surface area contributed by atoms with Gasteiger partial charge in [-0.1, -0.05) is 26.0 Å². The number of carboxylic acids is 1. The van der Waals surface area contributed by atoms with E-state index in [9.17, 15) is 14.7 Å². The zero-order valence-electron chi connectivity index (χ0n) is 14.5. The fourth-order valence-corrected chi connectivity index (χ4v) is 2.85. The van der Waals surface area contributed by atoms with Gasteiger partial charge in [-0.2, -0.15) is 0 Å². The van der Waals surface area contributed by atoms with Crippen molar-refractivity contribution in [1.29, 1.82) is 0 Å². The van der Waals surface area contributed by atoms with Crippen molar-refractivity contribution in [2.75, 3.05) is 0 Å². The summed E-state index contributed by atoms with van der Waals surface area (Å²) < 4.78 is 5.24. The monoisotopic (exact) mass is 342 g/mol. The van der Waals surface area contributed by atoms with Crippen LogP contribution in [0.1, 0.15) is 33.0 Å². The van der Waals surface area contributed by atoms with Crippen molar-refractivity contribution in [1.82, 2.24) is 0 Å². The summed E-state index contributed by atoms with van der Waals surface area (Å²) in [6.07, 6.45) is 10.6. The third-order valence-electron chi connectivity index (χ3n) is 4.31. The van der Waals surface area contributed by atoms with Gasteiger partial charge in [0.05, 0.1) is 6.26 Å². The summed E-state index contributed by atoms with van der Waals surface area (Å²) in [6, 6.07) is 3.51. The summed E-state index contributed by atoms with van der Waals surface area (Å²) in [7, 11) is 0. The van der Waals surface area contributed by atoms with Crippen LogP contribution in [0.4, 0.5) is 0 Å². The maximum Gasteiger partial charge on any atom is 0.328 e. The van der Waals surface area contributed by atoms with Crippen LogP contribution in [0.3, 0.4) is 0 Å². The van der Waals surface area contributed by atoms with E-state index in [1.165, 1.54) is 12.3 Å². The third-order valence-corrected chi connectivity index (χ3v) is 4.31. The van der Waals surface area contributed by atoms with E-state index >= 15 is 0 Å². The molecule has 0 amide bonds. The first-order chi connectivity index (χ1) is 11.6. The van der Waals surface area contributed by atoms with Gasteiger partial charge in [0.1, 0.15) is 11.4 Å². The van der Waals surface area contributed by atoms with E-state index in [0.29, 0.717) is 16.9 Å². The molecule has 1 atom stereocenters. The highest BCUT2D eigenvalue weighted by molar-refractivity contribution is 5.93. The second kappa shape index (κ2) is 7.07. The zero-order valence-corrected chi connectivity index (χ0v) is 14.5. The Morgan fingerprint density at radius 3 is 2.64 bits per heavy atom. The number of carboxylic acid groups (broad SMARTS) is 1. The topological polar surface area (TPSA) is 87.7 Å². The van der Waals surface area contributed by atoms with Crippen LogP contribution in [0.15, 0.2) is 64.3 Å². The number of allylic oxidation sites excluding steroid dienone is 3. The number of furan rings is 1. The maximum atomic E-state index is 12.1. The summed E-state index contributed by atoms with van der Waals surface area (Å²) in [5.41, 5.74) is -1.24. The van der Waals surface area contributed by atoms with Gasteiger partial charge in [0, 0.05) is 17.9 Å². The molecule has 1 aliphatic carbocycles. The van der Waals surface area contributed by atoms with E-state index in [2.05, 4.69) is 0 Å². The number of hydrogen-bond donors (Lipinski definition) is 2. The van der Waals surface area contributed by atoms with Crippen LogP contribution in [-0.4, -0.2) is 27.6 Å². The van der Waals surface area contributed by atoms with Gasteiger partial charge in [0.2, 0.25) is 0 Å². The minimum atomic E-state index is -1.42. The average molecular weight is 342 g/mol. The predicted molar refractivity (Wildman–Crippen MR) is 94.7 cm³/mol. The fourth-order valence-electron chi connectivity index (χ4n) is 2.85. The molecule has 0 bridgehead atoms. The molecule has 0 radical (unpaired) electrons. The Kier molecular flexibility index (Phi) is 5.28. The lowest BCUT2D eigenvalue weighted by atomic mass is 9.64. The normalized spacial score (nSPS) is 24.1. The van der Waals surface area contributed by atoms with Crippen LogP contribution in [0.25, 0.3) is 6.08 Å². The van der Waals surface area contributed by atoms with Gasteiger partial charge in [-0.05, 0) is 48.4 Å². The van der Waals surface area contributed by atoms with Gasteiger partial charge in [-0.25, -0.2) is 4.79 Å². The highest BCUT2D eigenvalue weighted by Crippen LogP contribution is 2.45. The van der Waals surface area contributed by atoms with E-state index in [0.717, 1.165) is 6.08 Å². The van der Waals surface area contributed by atoms with Crippen LogP contribution in [0.5, 0.6) is 0 Å². The molecule has 25 heavy (non-hydrogen) atoms. The molecule has 0 saturated carbocycles. The number of ketones is 1. The standard InChI is InChI=1S/C20H22O5/c1-14(11-18(22)23)8-9-20(24)15(6-7-17-5-4-10-25-17)12-16(21)13-19(20,2)3/h4-12,24H,13H2,1-3H3,(H,22,23)/b7-6+,9-8+,14-11-/t20-/m1/s1. The summed E-state index contributed by atoms with van der Waals surface area (Å²) in [5.74, 6) is -0.523. The van der Waals surface area contributed by atoms with Gasteiger partial charge in [0.25, 0.3) is 0 Å². The molecule has 0 saturated heterocycles. The van der Waals surface area contributed by atoms with E-state index in [1.807, 2.05) is 0 Å². The molecule has 2 rings (SSSR count). The minimum Gasteiger partial charge on any atom is -0.478 e. The van der Waals surface area contributed by atoms with Crippen molar-refractivity contribution in [3.05, 3.63) is 65.7 Å². The zero-order chi connectivity index (χ0) is 18.7. The van der Waals surface area contributed by atoms with Crippen molar-refractivity contribution < 1.29 is 24.2 Å². The van der Waals surface area contributed by atoms with Crippen molar-refractivity contribution in [2.45, 2.75) is 32.8 Å². The average Bonchev–Trinajstić information content (AvgIpc) is 2.99. The summed E-state index contributed by atoms with van der Waals surface area (Å²) in [5, 5.41) is 20.1. The van der Waals surface area contributed by atoms with Gasteiger partial charge >= 0.3 is 5.97 Å². The van der Waals surface area contributed by atoms with Gasteiger partial charge < -0.3 is 14.6 Å². The van der Waals surface area contributed by atoms with Gasteiger partial charge in [-0.3, -0.25) is 4.79 Å². The molecule has 1 aliphatic rings. The Bertz CT molecular complexity index is 775. The Morgan fingerprint density at radius 2 is 2.04 bits per heavy atom. The molecule has 1 aromatic heterocycles. The fraction of sp³-hybridized carbons (Fsp3) is 0.300. The molecule has 0 aromatic carbocycles. The van der Waals surface area contributed by atoms with Gasteiger partial charge in [0.15, 0.2) is 5.78 Å². The molecule has 2 N–H and O–H groups in total. The lowest BCUT2D eigenvalue weighted by Gasteiger charge is -2.44. The Hall–Kier alpha value is -2.66. The summed E-state index contributed by atoms with van der Waals surface area (Å²) in [6.45, 7) is 5.25. The van der Waals surface area contributed by atoms with Crippen LogP contribution in [0.2, 0.25) is 0 Å². The largest absolute Gasteiger partial charge is 0.478 e. The number of hydrogen-bond acceptors (Lipinski definition) is 4. The van der Waals surface area contributed by atoms with Crippen LogP contribution in [0, 0.1) is 5.41 Å². The predicted octanol–water partition coefficient (Wildman–Crippen LogP) is 3.54. The number of carbonyl (C=O) groups excluding carboxylic acids is 1. The molecule has 0 unspecified atom stereocenters. The summed E-state index contributed by atoms with van der Waals surface area (Å²) in [4.78, 5) is 22.8. The highest BCUT2D eigenvalue weighted by atomic mass is 16.4. The van der Waals surface area contributed by atoms with E-state index in [4.69, 9.17) is 9.52 Å². The van der Waals surface area contributed by atoms with Crippen molar-refractivity contribution >= 4 is 17.8 Å². The molecule has 5 nitrogen and oxygen atoms in total. The quantitative estimate of drug-likeness (QED) is 0.631. The highest BCUT2D eigenvalue weighted by Gasteiger charge is 2.47. The lowest BCUT2D eigenvalue weighted by Crippen LogP contribution is -2.48. The van der Waals surface area contributed by atoms with Crippen molar-refractivity contribution in [3.8, 4) is 0 Å². The van der Waals surface area contributed by atoms with Crippen LogP contribution >= 0.6 is 0 Å². The second-order valence-electron chi connectivity index (χ2n) is 6.80. The molecule has 5 heteroatoms. The van der Waals surface area contributed by atoms with E-state index < -0.39 is 17.0 Å². The Balaban J connectivity index is 2.44. The molecule has 1 heterocycles. The Morgan fingerprint density at radius 1 is 1.32 bits per heavy atom. The molecular weight excluding hydrogens is 320 g/mol. The number of aliphatic carboxylic acids is 1. The first-order valence-electron chi connectivity index (χ1n) is 7.93. The Labute approximate surface area is 146 Å². The number of rotatable bonds is 5. The smallest absolute Gasteiger partial charge is 0.328 e. The van der Waals surface area contributed by atoms with E-state index in [-0.39, 0.29) is 12.2 Å². The lowest BCUT2D eigenvalue weighted by molar-refractivity contribution is -0.131. The summed E-state index contributed by atoms with van der Waals surface area (Å²) >= 11 is 0. The first-order valence-corrected chi connectivity index (χ1v) is 7.93. The second-order valence-corrected chi connectivity index (χ2v) is 6.80. The molecule has 132 valence electrons. The van der Waals surface area contributed by atoms with Crippen molar-refractivity contribution in [2.24, 2.45) is 5.41 Å². The van der Waals surface area contributed by atoms with Crippen molar-refractivity contribution in [3.63, 3.8) is 0 Å². The first kappa shape index (κ1) is 18.7. The number of carbonyl (C=O) groups is 2.